The number of benzene rings is 1. The summed E-state index contributed by atoms with van der Waals surface area (Å²) in [7, 11) is 3.69. The van der Waals surface area contributed by atoms with Gasteiger partial charge in [-0.2, -0.15) is 0 Å². The third-order valence-corrected chi connectivity index (χ3v) is 3.31. The van der Waals surface area contributed by atoms with Gasteiger partial charge >= 0.3 is 0 Å². The first-order chi connectivity index (χ1) is 10.1. The third kappa shape index (κ3) is 4.20. The van der Waals surface area contributed by atoms with Gasteiger partial charge in [-0.25, -0.2) is 4.98 Å². The molecule has 0 unspecified atom stereocenters. The number of aromatic nitrogens is 1. The van der Waals surface area contributed by atoms with E-state index in [-0.39, 0.29) is 0 Å². The quantitative estimate of drug-likeness (QED) is 0.883. The van der Waals surface area contributed by atoms with Crippen molar-refractivity contribution in [2.45, 2.75) is 26.4 Å². The first kappa shape index (κ1) is 15.3. The number of ether oxygens (including phenoxy) is 1. The molecule has 0 amide bonds. The Hall–Kier alpha value is -2.07. The van der Waals surface area contributed by atoms with E-state index in [0.717, 1.165) is 23.8 Å². The molecule has 1 aromatic heterocycles. The Bertz CT molecular complexity index is 584. The van der Waals surface area contributed by atoms with Crippen molar-refractivity contribution in [1.29, 1.82) is 0 Å². The minimum absolute atomic E-state index is 0.470. The van der Waals surface area contributed by atoms with Crippen LogP contribution in [-0.4, -0.2) is 25.2 Å². The molecule has 112 valence electrons. The van der Waals surface area contributed by atoms with Gasteiger partial charge in [-0.3, -0.25) is 0 Å². The normalized spacial score (nSPS) is 10.7. The molecular formula is C17H23N3O. The highest BCUT2D eigenvalue weighted by molar-refractivity contribution is 5.61. The number of nitrogens with zero attached hydrogens (tertiary/aromatic N) is 2. The van der Waals surface area contributed by atoms with Gasteiger partial charge in [-0.1, -0.05) is 19.9 Å². The molecule has 1 N–H and O–H groups in total. The molecule has 4 heteroatoms. The Labute approximate surface area is 126 Å². The highest BCUT2D eigenvalue weighted by Gasteiger charge is 2.07. The van der Waals surface area contributed by atoms with Crippen LogP contribution < -0.4 is 15.0 Å². The van der Waals surface area contributed by atoms with Gasteiger partial charge in [0.1, 0.15) is 11.6 Å². The van der Waals surface area contributed by atoms with Gasteiger partial charge in [0, 0.05) is 37.6 Å². The zero-order valence-corrected chi connectivity index (χ0v) is 13.1. The zero-order chi connectivity index (χ0) is 15.2. The lowest BCUT2D eigenvalue weighted by Gasteiger charge is -2.19. The predicted molar refractivity (Wildman–Crippen MR) is 87.3 cm³/mol. The largest absolute Gasteiger partial charge is 0.497 e. The molecule has 1 aromatic carbocycles. The van der Waals surface area contributed by atoms with Crippen LogP contribution in [-0.2, 0) is 6.54 Å². The summed E-state index contributed by atoms with van der Waals surface area (Å²) in [4.78, 5) is 6.51. The van der Waals surface area contributed by atoms with Gasteiger partial charge in [-0.15, -0.1) is 0 Å². The molecule has 0 atom stereocenters. The van der Waals surface area contributed by atoms with E-state index in [1.54, 1.807) is 7.11 Å². The van der Waals surface area contributed by atoms with Crippen molar-refractivity contribution < 1.29 is 4.74 Å². The molecule has 0 fully saturated rings. The van der Waals surface area contributed by atoms with E-state index in [2.05, 4.69) is 35.1 Å². The number of anilines is 2. The molecule has 2 aromatic rings. The van der Waals surface area contributed by atoms with Crippen molar-refractivity contribution in [1.82, 2.24) is 10.3 Å². The second-order valence-electron chi connectivity index (χ2n) is 5.32. The van der Waals surface area contributed by atoms with E-state index < -0.39 is 0 Å². The van der Waals surface area contributed by atoms with Gasteiger partial charge in [0.2, 0.25) is 0 Å². The van der Waals surface area contributed by atoms with Gasteiger partial charge < -0.3 is 15.0 Å². The number of rotatable bonds is 6. The Morgan fingerprint density at radius 1 is 1.24 bits per heavy atom. The lowest BCUT2D eigenvalue weighted by atomic mass is 10.2. The van der Waals surface area contributed by atoms with Crippen LogP contribution in [0.5, 0.6) is 5.75 Å². The lowest BCUT2D eigenvalue weighted by Crippen LogP contribution is -2.22. The SMILES string of the molecule is COc1cccc(N(C)c2cc(CNC(C)C)ccn2)c1. The van der Waals surface area contributed by atoms with Crippen molar-refractivity contribution in [3.05, 3.63) is 48.2 Å². The number of hydrogen-bond acceptors (Lipinski definition) is 4. The summed E-state index contributed by atoms with van der Waals surface area (Å²) in [5.74, 6) is 1.77. The molecule has 0 bridgehead atoms. The lowest BCUT2D eigenvalue weighted by molar-refractivity contribution is 0.415. The fourth-order valence-electron chi connectivity index (χ4n) is 2.03. The molecule has 1 heterocycles. The van der Waals surface area contributed by atoms with Crippen LogP contribution in [0.3, 0.4) is 0 Å². The van der Waals surface area contributed by atoms with Crippen LogP contribution in [0.1, 0.15) is 19.4 Å². The number of hydrogen-bond donors (Lipinski definition) is 1. The maximum Gasteiger partial charge on any atom is 0.132 e. The minimum Gasteiger partial charge on any atom is -0.497 e. The Kier molecular flexibility index (Phi) is 5.17. The van der Waals surface area contributed by atoms with Crippen LogP contribution in [0.15, 0.2) is 42.6 Å². The molecule has 0 saturated heterocycles. The Morgan fingerprint density at radius 3 is 2.76 bits per heavy atom. The van der Waals surface area contributed by atoms with Crippen molar-refractivity contribution in [2.24, 2.45) is 0 Å². The molecular weight excluding hydrogens is 262 g/mol. The maximum atomic E-state index is 5.27. The van der Waals surface area contributed by atoms with Gasteiger partial charge in [0.05, 0.1) is 7.11 Å². The van der Waals surface area contributed by atoms with E-state index >= 15 is 0 Å². The second-order valence-corrected chi connectivity index (χ2v) is 5.32. The molecule has 2 rings (SSSR count). The third-order valence-electron chi connectivity index (χ3n) is 3.31. The van der Waals surface area contributed by atoms with Crippen molar-refractivity contribution >= 4 is 11.5 Å². The summed E-state index contributed by atoms with van der Waals surface area (Å²) >= 11 is 0. The average molecular weight is 285 g/mol. The van der Waals surface area contributed by atoms with Crippen LogP contribution in [0.4, 0.5) is 11.5 Å². The number of nitrogens with one attached hydrogen (secondary N) is 1. The van der Waals surface area contributed by atoms with Gasteiger partial charge in [0.15, 0.2) is 0 Å². The molecule has 0 aliphatic heterocycles. The van der Waals surface area contributed by atoms with E-state index in [9.17, 15) is 0 Å². The summed E-state index contributed by atoms with van der Waals surface area (Å²) in [6.45, 7) is 5.13. The highest BCUT2D eigenvalue weighted by atomic mass is 16.5. The molecule has 0 spiro atoms. The average Bonchev–Trinajstić information content (AvgIpc) is 2.52. The van der Waals surface area contributed by atoms with E-state index in [4.69, 9.17) is 4.74 Å². The monoisotopic (exact) mass is 285 g/mol. The summed E-state index contributed by atoms with van der Waals surface area (Å²) in [6.07, 6.45) is 1.85. The zero-order valence-electron chi connectivity index (χ0n) is 13.1. The molecule has 4 nitrogen and oxygen atoms in total. The first-order valence-electron chi connectivity index (χ1n) is 7.16. The van der Waals surface area contributed by atoms with Crippen LogP contribution >= 0.6 is 0 Å². The number of methoxy groups -OCH3 is 1. The molecule has 21 heavy (non-hydrogen) atoms. The fourth-order valence-corrected chi connectivity index (χ4v) is 2.03. The standard InChI is InChI=1S/C17H23N3O/c1-13(2)19-12-14-8-9-18-17(10-14)20(3)15-6-5-7-16(11-15)21-4/h5-11,13,19H,12H2,1-4H3. The van der Waals surface area contributed by atoms with Gasteiger partial charge in [-0.05, 0) is 29.8 Å². The highest BCUT2D eigenvalue weighted by Crippen LogP contribution is 2.25. The summed E-state index contributed by atoms with van der Waals surface area (Å²) in [6, 6.07) is 12.6. The fraction of sp³-hybridized carbons (Fsp3) is 0.353. The van der Waals surface area contributed by atoms with Gasteiger partial charge in [0.25, 0.3) is 0 Å². The number of pyridine rings is 1. The van der Waals surface area contributed by atoms with Crippen LogP contribution in [0, 0.1) is 0 Å². The molecule has 0 aliphatic carbocycles. The van der Waals surface area contributed by atoms with Crippen molar-refractivity contribution in [3.8, 4) is 5.75 Å². The Morgan fingerprint density at radius 2 is 2.05 bits per heavy atom. The van der Waals surface area contributed by atoms with Crippen molar-refractivity contribution in [3.63, 3.8) is 0 Å². The van der Waals surface area contributed by atoms with E-state index in [0.29, 0.717) is 6.04 Å². The van der Waals surface area contributed by atoms with E-state index in [1.165, 1.54) is 5.56 Å². The first-order valence-corrected chi connectivity index (χ1v) is 7.16. The Balaban J connectivity index is 2.18. The van der Waals surface area contributed by atoms with Crippen LogP contribution in [0.2, 0.25) is 0 Å². The molecule has 0 radical (unpaired) electrons. The van der Waals surface area contributed by atoms with E-state index in [1.807, 2.05) is 43.6 Å². The molecule has 0 aliphatic rings. The van der Waals surface area contributed by atoms with Crippen molar-refractivity contribution in [2.75, 3.05) is 19.1 Å². The smallest absolute Gasteiger partial charge is 0.132 e. The summed E-state index contributed by atoms with van der Waals surface area (Å²) < 4.78 is 5.27. The topological polar surface area (TPSA) is 37.4 Å². The second kappa shape index (κ2) is 7.09. The summed E-state index contributed by atoms with van der Waals surface area (Å²) in [5, 5.41) is 3.42. The maximum absolute atomic E-state index is 5.27. The minimum atomic E-state index is 0.470. The predicted octanol–water partition coefficient (Wildman–Crippen LogP) is 3.36. The molecule has 0 saturated carbocycles. The van der Waals surface area contributed by atoms with Crippen LogP contribution in [0.25, 0.3) is 0 Å². The summed E-state index contributed by atoms with van der Waals surface area (Å²) in [5.41, 5.74) is 2.28.